The lowest BCUT2D eigenvalue weighted by atomic mass is 10.2. The van der Waals surface area contributed by atoms with Crippen LogP contribution in [0.5, 0.6) is 5.75 Å². The number of para-hydroxylation sites is 1. The van der Waals surface area contributed by atoms with Crippen LogP contribution in [0.2, 0.25) is 0 Å². The lowest BCUT2D eigenvalue weighted by Crippen LogP contribution is -2.12. The normalized spacial score (nSPS) is 10.1. The molecule has 0 aliphatic heterocycles. The van der Waals surface area contributed by atoms with Gasteiger partial charge in [-0.05, 0) is 30.7 Å². The molecule has 0 aliphatic carbocycles. The summed E-state index contributed by atoms with van der Waals surface area (Å²) in [5.41, 5.74) is 8.78. The summed E-state index contributed by atoms with van der Waals surface area (Å²) >= 11 is 0. The molecular weight excluding hydrogens is 224 g/mol. The molecule has 0 atom stereocenters. The standard InChI is InChI=1S/C15H18N2O/c1-12-5-2-3-8-15(12)17-9-10-18-14-7-4-6-13(16)11-14/h2-8,11,17H,9-10,16H2,1H3. The Labute approximate surface area is 108 Å². The zero-order valence-corrected chi connectivity index (χ0v) is 10.5. The number of hydrogen-bond donors (Lipinski definition) is 2. The molecule has 2 aromatic carbocycles. The molecule has 94 valence electrons. The first-order valence-electron chi connectivity index (χ1n) is 6.03. The average molecular weight is 242 g/mol. The van der Waals surface area contributed by atoms with Gasteiger partial charge in [-0.25, -0.2) is 0 Å². The number of aryl methyl sites for hydroxylation is 1. The van der Waals surface area contributed by atoms with Gasteiger partial charge in [0.05, 0.1) is 0 Å². The van der Waals surface area contributed by atoms with Gasteiger partial charge in [-0.2, -0.15) is 0 Å². The molecule has 0 radical (unpaired) electrons. The van der Waals surface area contributed by atoms with E-state index in [1.165, 1.54) is 5.56 Å². The molecule has 0 bridgehead atoms. The van der Waals surface area contributed by atoms with E-state index in [4.69, 9.17) is 10.5 Å². The van der Waals surface area contributed by atoms with E-state index in [9.17, 15) is 0 Å². The number of rotatable bonds is 5. The second kappa shape index (κ2) is 5.96. The molecule has 0 saturated carbocycles. The maximum atomic E-state index is 5.68. The number of ether oxygens (including phenoxy) is 1. The Bertz CT molecular complexity index is 511. The molecule has 0 amide bonds. The fourth-order valence-electron chi connectivity index (χ4n) is 1.73. The SMILES string of the molecule is Cc1ccccc1NCCOc1cccc(N)c1. The minimum absolute atomic E-state index is 0.609. The molecule has 3 nitrogen and oxygen atoms in total. The van der Waals surface area contributed by atoms with Crippen molar-refractivity contribution in [1.82, 2.24) is 0 Å². The third-order valence-corrected chi connectivity index (χ3v) is 2.69. The second-order valence-electron chi connectivity index (χ2n) is 4.16. The van der Waals surface area contributed by atoms with Crippen LogP contribution in [0, 0.1) is 6.92 Å². The van der Waals surface area contributed by atoms with Crippen molar-refractivity contribution in [2.75, 3.05) is 24.2 Å². The van der Waals surface area contributed by atoms with Crippen LogP contribution in [0.15, 0.2) is 48.5 Å². The fraction of sp³-hybridized carbons (Fsp3) is 0.200. The molecule has 0 aliphatic rings. The van der Waals surface area contributed by atoms with Crippen LogP contribution >= 0.6 is 0 Å². The maximum absolute atomic E-state index is 5.68. The van der Waals surface area contributed by atoms with Gasteiger partial charge in [0.1, 0.15) is 12.4 Å². The molecule has 18 heavy (non-hydrogen) atoms. The van der Waals surface area contributed by atoms with Gasteiger partial charge in [-0.15, -0.1) is 0 Å². The van der Waals surface area contributed by atoms with Gasteiger partial charge in [0, 0.05) is 24.0 Å². The smallest absolute Gasteiger partial charge is 0.121 e. The molecule has 0 aromatic heterocycles. The summed E-state index contributed by atoms with van der Waals surface area (Å²) in [4.78, 5) is 0. The van der Waals surface area contributed by atoms with Gasteiger partial charge >= 0.3 is 0 Å². The van der Waals surface area contributed by atoms with E-state index < -0.39 is 0 Å². The molecular formula is C15H18N2O. The van der Waals surface area contributed by atoms with E-state index in [1.807, 2.05) is 36.4 Å². The quantitative estimate of drug-likeness (QED) is 0.625. The molecule has 2 aromatic rings. The highest BCUT2D eigenvalue weighted by atomic mass is 16.5. The Morgan fingerprint density at radius 3 is 2.72 bits per heavy atom. The molecule has 0 heterocycles. The third kappa shape index (κ3) is 3.42. The van der Waals surface area contributed by atoms with Crippen LogP contribution in [0.4, 0.5) is 11.4 Å². The molecule has 2 rings (SSSR count). The Kier molecular flexibility index (Phi) is 4.07. The lowest BCUT2D eigenvalue weighted by Gasteiger charge is -2.10. The average Bonchev–Trinajstić information content (AvgIpc) is 2.37. The molecule has 3 N–H and O–H groups in total. The lowest BCUT2D eigenvalue weighted by molar-refractivity contribution is 0.333. The van der Waals surface area contributed by atoms with Crippen molar-refractivity contribution < 1.29 is 4.74 Å². The Morgan fingerprint density at radius 2 is 1.94 bits per heavy atom. The molecule has 0 fully saturated rings. The van der Waals surface area contributed by atoms with E-state index in [2.05, 4.69) is 24.4 Å². The van der Waals surface area contributed by atoms with Gasteiger partial charge in [0.15, 0.2) is 0 Å². The summed E-state index contributed by atoms with van der Waals surface area (Å²) in [5.74, 6) is 0.807. The highest BCUT2D eigenvalue weighted by Gasteiger charge is 1.96. The van der Waals surface area contributed by atoms with Crippen LogP contribution in [-0.4, -0.2) is 13.2 Å². The van der Waals surface area contributed by atoms with Crippen molar-refractivity contribution in [2.24, 2.45) is 0 Å². The predicted molar refractivity (Wildman–Crippen MR) is 76.0 cm³/mol. The first-order valence-corrected chi connectivity index (χ1v) is 6.03. The summed E-state index contributed by atoms with van der Waals surface area (Å²) in [6.07, 6.45) is 0. The van der Waals surface area contributed by atoms with Crippen LogP contribution in [-0.2, 0) is 0 Å². The monoisotopic (exact) mass is 242 g/mol. The first kappa shape index (κ1) is 12.3. The van der Waals surface area contributed by atoms with E-state index in [0.29, 0.717) is 6.61 Å². The van der Waals surface area contributed by atoms with Gasteiger partial charge in [0.2, 0.25) is 0 Å². The van der Waals surface area contributed by atoms with E-state index in [1.54, 1.807) is 0 Å². The van der Waals surface area contributed by atoms with Crippen molar-refractivity contribution in [3.63, 3.8) is 0 Å². The summed E-state index contributed by atoms with van der Waals surface area (Å²) in [7, 11) is 0. The fourth-order valence-corrected chi connectivity index (χ4v) is 1.73. The Hall–Kier alpha value is -2.16. The van der Waals surface area contributed by atoms with E-state index in [-0.39, 0.29) is 0 Å². The van der Waals surface area contributed by atoms with Crippen molar-refractivity contribution in [1.29, 1.82) is 0 Å². The minimum Gasteiger partial charge on any atom is -0.492 e. The second-order valence-corrected chi connectivity index (χ2v) is 4.16. The number of anilines is 2. The largest absolute Gasteiger partial charge is 0.492 e. The van der Waals surface area contributed by atoms with Crippen molar-refractivity contribution in [2.45, 2.75) is 6.92 Å². The minimum atomic E-state index is 0.609. The van der Waals surface area contributed by atoms with Gasteiger partial charge in [-0.1, -0.05) is 24.3 Å². The summed E-state index contributed by atoms with van der Waals surface area (Å²) in [6.45, 7) is 3.46. The summed E-state index contributed by atoms with van der Waals surface area (Å²) < 4.78 is 5.61. The molecule has 0 saturated heterocycles. The predicted octanol–water partition coefficient (Wildman–Crippen LogP) is 3.07. The zero-order chi connectivity index (χ0) is 12.8. The number of hydrogen-bond acceptors (Lipinski definition) is 3. The first-order chi connectivity index (χ1) is 8.75. The van der Waals surface area contributed by atoms with Crippen molar-refractivity contribution in [3.8, 4) is 5.75 Å². The van der Waals surface area contributed by atoms with Crippen LogP contribution in [0.3, 0.4) is 0 Å². The van der Waals surface area contributed by atoms with Gasteiger partial charge < -0.3 is 15.8 Å². The van der Waals surface area contributed by atoms with Gasteiger partial charge in [0.25, 0.3) is 0 Å². The van der Waals surface area contributed by atoms with E-state index >= 15 is 0 Å². The van der Waals surface area contributed by atoms with Crippen LogP contribution in [0.1, 0.15) is 5.56 Å². The highest BCUT2D eigenvalue weighted by Crippen LogP contribution is 2.15. The van der Waals surface area contributed by atoms with Crippen molar-refractivity contribution in [3.05, 3.63) is 54.1 Å². The summed E-state index contributed by atoms with van der Waals surface area (Å²) in [6, 6.07) is 15.7. The molecule has 0 spiro atoms. The Balaban J connectivity index is 1.78. The molecule has 0 unspecified atom stereocenters. The van der Waals surface area contributed by atoms with Crippen LogP contribution < -0.4 is 15.8 Å². The number of benzene rings is 2. The number of nitrogen functional groups attached to an aromatic ring is 1. The highest BCUT2D eigenvalue weighted by molar-refractivity contribution is 5.50. The van der Waals surface area contributed by atoms with Gasteiger partial charge in [-0.3, -0.25) is 0 Å². The zero-order valence-electron chi connectivity index (χ0n) is 10.5. The van der Waals surface area contributed by atoms with Crippen molar-refractivity contribution >= 4 is 11.4 Å². The number of nitrogens with one attached hydrogen (secondary N) is 1. The van der Waals surface area contributed by atoms with E-state index in [0.717, 1.165) is 23.7 Å². The topological polar surface area (TPSA) is 47.3 Å². The number of nitrogens with two attached hydrogens (primary N) is 1. The Morgan fingerprint density at radius 1 is 1.11 bits per heavy atom. The third-order valence-electron chi connectivity index (χ3n) is 2.69. The van der Waals surface area contributed by atoms with Crippen LogP contribution in [0.25, 0.3) is 0 Å². The maximum Gasteiger partial charge on any atom is 0.121 e. The summed E-state index contributed by atoms with van der Waals surface area (Å²) in [5, 5.41) is 3.34. The molecule has 3 heteroatoms.